The van der Waals surface area contributed by atoms with Crippen LogP contribution >= 0.6 is 7.67 Å². The normalized spacial score (nSPS) is 22.6. The van der Waals surface area contributed by atoms with Crippen LogP contribution in [0.4, 0.5) is 5.69 Å². The third-order valence-electron chi connectivity index (χ3n) is 6.55. The second-order valence-electron chi connectivity index (χ2n) is 10.0. The smallest absolute Gasteiger partial charge is 0.342 e. The van der Waals surface area contributed by atoms with Crippen molar-refractivity contribution in [2.45, 2.75) is 77.5 Å². The Morgan fingerprint density at radius 3 is 2.16 bits per heavy atom. The molecule has 3 heterocycles. The maximum atomic E-state index is 14.1. The molecule has 0 radical (unpaired) electrons. The van der Waals surface area contributed by atoms with Crippen molar-refractivity contribution in [2.75, 3.05) is 25.6 Å². The molecule has 0 spiro atoms. The van der Waals surface area contributed by atoms with Gasteiger partial charge in [0.1, 0.15) is 30.9 Å². The Morgan fingerprint density at radius 1 is 1.07 bits per heavy atom. The van der Waals surface area contributed by atoms with E-state index in [1.807, 2.05) is 6.07 Å². The van der Waals surface area contributed by atoms with Crippen LogP contribution in [0.25, 0.3) is 5.52 Å². The van der Waals surface area contributed by atoms with Gasteiger partial charge in [-0.1, -0.05) is 0 Å². The van der Waals surface area contributed by atoms with E-state index >= 15 is 0 Å². The number of fused-ring (bicyclic) bond motifs is 1. The molecule has 0 amide bonds. The minimum atomic E-state index is -4.44. The van der Waals surface area contributed by atoms with E-state index in [0.717, 1.165) is 13.8 Å². The largest absolute Gasteiger partial charge is 0.465 e. The molecule has 1 saturated heterocycles. The van der Waals surface area contributed by atoms with Gasteiger partial charge in [-0.05, 0) is 45.9 Å². The highest BCUT2D eigenvalue weighted by Crippen LogP contribution is 2.47. The van der Waals surface area contributed by atoms with Crippen molar-refractivity contribution in [2.24, 2.45) is 0 Å². The van der Waals surface area contributed by atoms with Crippen LogP contribution in [0.5, 0.6) is 0 Å². The maximum Gasteiger partial charge on any atom is 0.342 e. The molecule has 1 aliphatic rings. The first kappa shape index (κ1) is 35.4. The Hall–Kier alpha value is -4.07. The standard InChI is InChI=1S/C27H37N6O11P/c1-7-39-25(36)15(3)31-45(38,32-16(4)26(37)40-8-2)41-14-27(13-28)24(43-18(6)35)23(42-17(5)34)22(44-27)21-10-9-20-19(29)11-12-30-33(20)21/h9-12,15-16,22-24H,7-8,14,29H2,1-6H3,(H2,31,32,38)/t15-,16-,22-,23-,24-,27+/m0/s1. The molecule has 0 saturated carbocycles. The van der Waals surface area contributed by atoms with E-state index in [2.05, 4.69) is 15.3 Å². The SMILES string of the molecule is CCOC(=O)[C@H](C)NP(=O)(N[C@@H](C)C(=O)OCC)OC[C@@]1(C#N)O[C@@H](c2ccc3c(N)ccnn23)[C@H](OC(C)=O)[C@@H]1OC(C)=O. The van der Waals surface area contributed by atoms with Crippen LogP contribution in [0.15, 0.2) is 24.4 Å². The lowest BCUT2D eigenvalue weighted by molar-refractivity contribution is -0.166. The summed E-state index contributed by atoms with van der Waals surface area (Å²) in [6.07, 6.45) is -2.86. The fourth-order valence-corrected chi connectivity index (χ4v) is 6.46. The molecule has 246 valence electrons. The quantitative estimate of drug-likeness (QED) is 0.148. The lowest BCUT2D eigenvalue weighted by Crippen LogP contribution is -2.50. The van der Waals surface area contributed by atoms with E-state index in [4.69, 9.17) is 33.9 Å². The number of ether oxygens (including phenoxy) is 5. The lowest BCUT2D eigenvalue weighted by atomic mass is 9.95. The number of rotatable bonds is 14. The fourth-order valence-electron chi connectivity index (χ4n) is 4.63. The van der Waals surface area contributed by atoms with Crippen LogP contribution in [0.2, 0.25) is 0 Å². The van der Waals surface area contributed by atoms with Crippen LogP contribution in [0.1, 0.15) is 53.3 Å². The number of carbonyl (C=O) groups excluding carboxylic acids is 4. The number of nitrogens with zero attached hydrogens (tertiary/aromatic N) is 3. The summed E-state index contributed by atoms with van der Waals surface area (Å²) < 4.78 is 48.4. The van der Waals surface area contributed by atoms with E-state index in [1.54, 1.807) is 32.0 Å². The molecule has 0 aromatic carbocycles. The Morgan fingerprint density at radius 2 is 1.64 bits per heavy atom. The average molecular weight is 653 g/mol. The molecule has 4 N–H and O–H groups in total. The minimum Gasteiger partial charge on any atom is -0.465 e. The number of nitrogens with two attached hydrogens (primary N) is 1. The summed E-state index contributed by atoms with van der Waals surface area (Å²) in [7, 11) is -4.44. The van der Waals surface area contributed by atoms with E-state index in [1.165, 1.54) is 24.6 Å². The molecule has 1 aliphatic heterocycles. The van der Waals surface area contributed by atoms with Gasteiger partial charge in [0.05, 0.1) is 30.1 Å². The third-order valence-corrected chi connectivity index (χ3v) is 8.50. The number of hydrogen-bond acceptors (Lipinski definition) is 14. The lowest BCUT2D eigenvalue weighted by Gasteiger charge is -2.31. The summed E-state index contributed by atoms with van der Waals surface area (Å²) in [5, 5.41) is 19.8. The molecular weight excluding hydrogens is 615 g/mol. The average Bonchev–Trinajstić information content (AvgIpc) is 3.52. The van der Waals surface area contributed by atoms with Gasteiger partial charge >= 0.3 is 31.5 Å². The van der Waals surface area contributed by atoms with Crippen molar-refractivity contribution in [3.8, 4) is 6.07 Å². The zero-order valence-corrected chi connectivity index (χ0v) is 26.6. The van der Waals surface area contributed by atoms with Crippen LogP contribution in [0.3, 0.4) is 0 Å². The number of hydrogen-bond donors (Lipinski definition) is 3. The van der Waals surface area contributed by atoms with Crippen molar-refractivity contribution >= 4 is 42.8 Å². The molecule has 6 atom stereocenters. The van der Waals surface area contributed by atoms with Crippen molar-refractivity contribution in [3.05, 3.63) is 30.1 Å². The molecule has 0 aliphatic carbocycles. The van der Waals surface area contributed by atoms with Crippen LogP contribution < -0.4 is 15.9 Å². The topological polar surface area (TPSA) is 232 Å². The van der Waals surface area contributed by atoms with Gasteiger partial charge in [-0.3, -0.25) is 23.7 Å². The number of nitrogens with one attached hydrogen (secondary N) is 2. The first-order valence-corrected chi connectivity index (χ1v) is 15.6. The highest BCUT2D eigenvalue weighted by Gasteiger charge is 2.62. The molecule has 1 fully saturated rings. The molecular formula is C27H37N6O11P. The first-order valence-electron chi connectivity index (χ1n) is 14.0. The van der Waals surface area contributed by atoms with Gasteiger partial charge in [-0.25, -0.2) is 14.7 Å². The van der Waals surface area contributed by atoms with Gasteiger partial charge in [-0.2, -0.15) is 10.4 Å². The van der Waals surface area contributed by atoms with E-state index in [-0.39, 0.29) is 18.9 Å². The van der Waals surface area contributed by atoms with Crippen molar-refractivity contribution in [1.29, 1.82) is 5.26 Å². The molecule has 0 bridgehead atoms. The van der Waals surface area contributed by atoms with Gasteiger partial charge in [0, 0.05) is 20.0 Å². The number of nitrogen functional groups attached to an aromatic ring is 1. The number of anilines is 1. The van der Waals surface area contributed by atoms with E-state index in [0.29, 0.717) is 11.2 Å². The van der Waals surface area contributed by atoms with Gasteiger partial charge in [0.2, 0.25) is 5.60 Å². The van der Waals surface area contributed by atoms with Crippen molar-refractivity contribution < 1.29 is 52.0 Å². The Kier molecular flexibility index (Phi) is 11.7. The van der Waals surface area contributed by atoms with E-state index < -0.39 is 74.2 Å². The third kappa shape index (κ3) is 8.16. The molecule has 0 unspecified atom stereocenters. The summed E-state index contributed by atoms with van der Waals surface area (Å²) in [6, 6.07) is 4.27. The zero-order valence-electron chi connectivity index (χ0n) is 25.7. The summed E-state index contributed by atoms with van der Waals surface area (Å²) in [5.41, 5.74) is 4.95. The summed E-state index contributed by atoms with van der Waals surface area (Å²) in [4.78, 5) is 49.2. The van der Waals surface area contributed by atoms with Crippen molar-refractivity contribution in [1.82, 2.24) is 19.8 Å². The highest BCUT2D eigenvalue weighted by molar-refractivity contribution is 7.54. The molecule has 17 nitrogen and oxygen atoms in total. The predicted octanol–water partition coefficient (Wildman–Crippen LogP) is 1.32. The van der Waals surface area contributed by atoms with Gasteiger partial charge < -0.3 is 33.9 Å². The minimum absolute atomic E-state index is 0.0337. The van der Waals surface area contributed by atoms with Gasteiger partial charge in [0.25, 0.3) is 0 Å². The zero-order chi connectivity index (χ0) is 33.5. The number of esters is 4. The number of aromatic nitrogens is 2. The Labute approximate surface area is 259 Å². The molecule has 3 rings (SSSR count). The van der Waals surface area contributed by atoms with Gasteiger partial charge in [0.15, 0.2) is 12.2 Å². The van der Waals surface area contributed by atoms with Crippen LogP contribution in [-0.2, 0) is 52.0 Å². The second-order valence-corrected chi connectivity index (χ2v) is 11.9. The Balaban J connectivity index is 2.06. The molecule has 2 aromatic rings. The highest BCUT2D eigenvalue weighted by atomic mass is 31.2. The summed E-state index contributed by atoms with van der Waals surface area (Å²) in [5.74, 6) is -3.19. The van der Waals surface area contributed by atoms with Crippen molar-refractivity contribution in [3.63, 3.8) is 0 Å². The Bertz CT molecular complexity index is 1480. The molecule has 18 heteroatoms. The first-order chi connectivity index (χ1) is 21.2. The number of nitriles is 1. The molecule has 2 aromatic heterocycles. The summed E-state index contributed by atoms with van der Waals surface area (Å²) >= 11 is 0. The van der Waals surface area contributed by atoms with Crippen LogP contribution in [0, 0.1) is 11.3 Å². The fraction of sp³-hybridized carbons (Fsp3) is 0.556. The monoisotopic (exact) mass is 652 g/mol. The second kappa shape index (κ2) is 14.8. The number of carbonyl (C=O) groups is 4. The summed E-state index contributed by atoms with van der Waals surface area (Å²) in [6.45, 7) is 7.25. The van der Waals surface area contributed by atoms with Crippen LogP contribution in [-0.4, -0.2) is 83.2 Å². The van der Waals surface area contributed by atoms with Gasteiger partial charge in [-0.15, -0.1) is 0 Å². The van der Waals surface area contributed by atoms with E-state index in [9.17, 15) is 29.0 Å². The predicted molar refractivity (Wildman–Crippen MR) is 155 cm³/mol. The maximum absolute atomic E-state index is 14.1. The molecule has 45 heavy (non-hydrogen) atoms.